The molecule has 5 heteroatoms. The summed E-state index contributed by atoms with van der Waals surface area (Å²) in [6.07, 6.45) is 1.65. The summed E-state index contributed by atoms with van der Waals surface area (Å²) >= 11 is 6.02. The van der Waals surface area contributed by atoms with Crippen molar-refractivity contribution in [2.24, 2.45) is 0 Å². The van der Waals surface area contributed by atoms with Crippen molar-refractivity contribution < 1.29 is 9.53 Å². The molecule has 19 heavy (non-hydrogen) atoms. The van der Waals surface area contributed by atoms with Crippen LogP contribution >= 0.6 is 11.6 Å². The summed E-state index contributed by atoms with van der Waals surface area (Å²) in [5, 5.41) is 2.97. The number of halogens is 1. The Morgan fingerprint density at radius 3 is 2.84 bits per heavy atom. The molecule has 0 aliphatic carbocycles. The van der Waals surface area contributed by atoms with Gasteiger partial charge in [0.05, 0.1) is 17.7 Å². The highest BCUT2D eigenvalue weighted by Gasteiger charge is 2.12. The van der Waals surface area contributed by atoms with Crippen LogP contribution in [0.1, 0.15) is 10.4 Å². The standard InChI is InChI=1S/C14H13ClN2O2/c1-16-13(18)11-8-9(5-6-12(11)15)10-4-3-7-17-14(10)19-2/h3-8H,1-2H3,(H,16,18). The fourth-order valence-corrected chi connectivity index (χ4v) is 1.98. The third-order valence-electron chi connectivity index (χ3n) is 2.71. The zero-order valence-corrected chi connectivity index (χ0v) is 11.4. The average Bonchev–Trinajstić information content (AvgIpc) is 2.47. The molecule has 1 heterocycles. The first kappa shape index (κ1) is 13.4. The minimum atomic E-state index is -0.227. The van der Waals surface area contributed by atoms with Crippen LogP contribution in [0.5, 0.6) is 5.88 Å². The van der Waals surface area contributed by atoms with Crippen LogP contribution in [0.3, 0.4) is 0 Å². The summed E-state index contributed by atoms with van der Waals surface area (Å²) in [7, 11) is 3.12. The van der Waals surface area contributed by atoms with E-state index in [1.165, 1.54) is 0 Å². The van der Waals surface area contributed by atoms with Crippen molar-refractivity contribution in [3.63, 3.8) is 0 Å². The third kappa shape index (κ3) is 2.69. The van der Waals surface area contributed by atoms with Crippen LogP contribution in [0.4, 0.5) is 0 Å². The molecule has 1 N–H and O–H groups in total. The highest BCUT2D eigenvalue weighted by Crippen LogP contribution is 2.30. The number of nitrogens with one attached hydrogen (secondary N) is 1. The van der Waals surface area contributed by atoms with Crippen molar-refractivity contribution in [2.75, 3.05) is 14.2 Å². The van der Waals surface area contributed by atoms with Gasteiger partial charge in [0.25, 0.3) is 5.91 Å². The number of hydrogen-bond acceptors (Lipinski definition) is 3. The number of ether oxygens (including phenoxy) is 1. The topological polar surface area (TPSA) is 51.2 Å². The normalized spacial score (nSPS) is 10.1. The molecule has 0 aliphatic heterocycles. The number of amides is 1. The van der Waals surface area contributed by atoms with E-state index in [4.69, 9.17) is 16.3 Å². The van der Waals surface area contributed by atoms with Gasteiger partial charge in [0, 0.05) is 18.8 Å². The zero-order valence-electron chi connectivity index (χ0n) is 10.6. The van der Waals surface area contributed by atoms with Gasteiger partial charge >= 0.3 is 0 Å². The largest absolute Gasteiger partial charge is 0.481 e. The molecule has 0 fully saturated rings. The second kappa shape index (κ2) is 5.71. The summed E-state index contributed by atoms with van der Waals surface area (Å²) in [4.78, 5) is 15.9. The van der Waals surface area contributed by atoms with E-state index in [2.05, 4.69) is 10.3 Å². The maximum absolute atomic E-state index is 11.7. The lowest BCUT2D eigenvalue weighted by Gasteiger charge is -2.09. The van der Waals surface area contributed by atoms with E-state index in [1.54, 1.807) is 32.5 Å². The molecule has 4 nitrogen and oxygen atoms in total. The van der Waals surface area contributed by atoms with Crippen molar-refractivity contribution in [1.29, 1.82) is 0 Å². The highest BCUT2D eigenvalue weighted by atomic mass is 35.5. The Kier molecular flexibility index (Phi) is 4.02. The first-order valence-electron chi connectivity index (χ1n) is 5.68. The van der Waals surface area contributed by atoms with Gasteiger partial charge in [-0.3, -0.25) is 4.79 Å². The lowest BCUT2D eigenvalue weighted by Crippen LogP contribution is -2.18. The molecule has 98 valence electrons. The van der Waals surface area contributed by atoms with Crippen LogP contribution in [0.15, 0.2) is 36.5 Å². The molecule has 0 saturated carbocycles. The maximum Gasteiger partial charge on any atom is 0.252 e. The van der Waals surface area contributed by atoms with Gasteiger partial charge in [-0.15, -0.1) is 0 Å². The number of carbonyl (C=O) groups is 1. The SMILES string of the molecule is CNC(=O)c1cc(-c2cccnc2OC)ccc1Cl. The van der Waals surface area contributed by atoms with Crippen LogP contribution in [-0.4, -0.2) is 25.0 Å². The number of methoxy groups -OCH3 is 1. The van der Waals surface area contributed by atoms with Gasteiger partial charge in [-0.05, 0) is 29.8 Å². The molecule has 0 bridgehead atoms. The third-order valence-corrected chi connectivity index (χ3v) is 3.04. The molecule has 0 spiro atoms. The molecule has 0 unspecified atom stereocenters. The second-order valence-corrected chi connectivity index (χ2v) is 4.24. The van der Waals surface area contributed by atoms with Gasteiger partial charge in [0.2, 0.25) is 5.88 Å². The van der Waals surface area contributed by atoms with Crippen molar-refractivity contribution >= 4 is 17.5 Å². The lowest BCUT2D eigenvalue weighted by molar-refractivity contribution is 0.0963. The fraction of sp³-hybridized carbons (Fsp3) is 0.143. The summed E-state index contributed by atoms with van der Waals surface area (Å²) in [5.74, 6) is 0.280. The van der Waals surface area contributed by atoms with E-state index in [1.807, 2.05) is 18.2 Å². The Morgan fingerprint density at radius 2 is 2.16 bits per heavy atom. The molecule has 1 aromatic carbocycles. The summed E-state index contributed by atoms with van der Waals surface area (Å²) in [6, 6.07) is 8.93. The van der Waals surface area contributed by atoms with E-state index < -0.39 is 0 Å². The fourth-order valence-electron chi connectivity index (χ4n) is 1.77. The molecule has 0 radical (unpaired) electrons. The quantitative estimate of drug-likeness (QED) is 0.938. The minimum absolute atomic E-state index is 0.227. The van der Waals surface area contributed by atoms with Gasteiger partial charge in [0.1, 0.15) is 0 Å². The monoisotopic (exact) mass is 276 g/mol. The second-order valence-electron chi connectivity index (χ2n) is 3.83. The van der Waals surface area contributed by atoms with Gasteiger partial charge in [-0.2, -0.15) is 0 Å². The minimum Gasteiger partial charge on any atom is -0.481 e. The Bertz CT molecular complexity index is 614. The van der Waals surface area contributed by atoms with Crippen LogP contribution in [0, 0.1) is 0 Å². The van der Waals surface area contributed by atoms with Gasteiger partial charge in [0.15, 0.2) is 0 Å². The lowest BCUT2D eigenvalue weighted by atomic mass is 10.0. The zero-order chi connectivity index (χ0) is 13.8. The smallest absolute Gasteiger partial charge is 0.252 e. The molecule has 0 saturated heterocycles. The van der Waals surface area contributed by atoms with Crippen molar-refractivity contribution in [1.82, 2.24) is 10.3 Å². The van der Waals surface area contributed by atoms with E-state index in [0.29, 0.717) is 16.5 Å². The molecule has 1 aromatic heterocycles. The molecule has 0 aliphatic rings. The van der Waals surface area contributed by atoms with E-state index in [0.717, 1.165) is 11.1 Å². The summed E-state index contributed by atoms with van der Waals surface area (Å²) in [5.41, 5.74) is 2.06. The molecular weight excluding hydrogens is 264 g/mol. The Morgan fingerprint density at radius 1 is 1.37 bits per heavy atom. The first-order valence-corrected chi connectivity index (χ1v) is 6.06. The van der Waals surface area contributed by atoms with Crippen LogP contribution in [-0.2, 0) is 0 Å². The highest BCUT2D eigenvalue weighted by molar-refractivity contribution is 6.34. The summed E-state index contributed by atoms with van der Waals surface area (Å²) < 4.78 is 5.21. The molecule has 2 rings (SSSR count). The Labute approximate surface area is 116 Å². The van der Waals surface area contributed by atoms with E-state index in [-0.39, 0.29) is 5.91 Å². The van der Waals surface area contributed by atoms with E-state index >= 15 is 0 Å². The number of benzene rings is 1. The number of aromatic nitrogens is 1. The number of rotatable bonds is 3. The van der Waals surface area contributed by atoms with Gasteiger partial charge in [-0.25, -0.2) is 4.98 Å². The van der Waals surface area contributed by atoms with Gasteiger partial charge in [-0.1, -0.05) is 17.7 Å². The number of nitrogens with zero attached hydrogens (tertiary/aromatic N) is 1. The number of carbonyl (C=O) groups excluding carboxylic acids is 1. The average molecular weight is 277 g/mol. The van der Waals surface area contributed by atoms with Crippen LogP contribution < -0.4 is 10.1 Å². The predicted octanol–water partition coefficient (Wildman–Crippen LogP) is 2.77. The number of hydrogen-bond donors (Lipinski definition) is 1. The van der Waals surface area contributed by atoms with Crippen molar-refractivity contribution in [3.8, 4) is 17.0 Å². The Hall–Kier alpha value is -2.07. The van der Waals surface area contributed by atoms with E-state index in [9.17, 15) is 4.79 Å². The van der Waals surface area contributed by atoms with Crippen LogP contribution in [0.25, 0.3) is 11.1 Å². The predicted molar refractivity (Wildman–Crippen MR) is 74.6 cm³/mol. The van der Waals surface area contributed by atoms with Crippen molar-refractivity contribution in [2.45, 2.75) is 0 Å². The van der Waals surface area contributed by atoms with Crippen LogP contribution in [0.2, 0.25) is 5.02 Å². The number of pyridine rings is 1. The molecule has 1 amide bonds. The van der Waals surface area contributed by atoms with Gasteiger partial charge < -0.3 is 10.1 Å². The first-order chi connectivity index (χ1) is 9.17. The molecule has 2 aromatic rings. The van der Waals surface area contributed by atoms with Crippen molar-refractivity contribution in [3.05, 3.63) is 47.1 Å². The Balaban J connectivity index is 2.54. The molecular formula is C14H13ClN2O2. The summed E-state index contributed by atoms with van der Waals surface area (Å²) in [6.45, 7) is 0. The molecule has 0 atom stereocenters. The maximum atomic E-state index is 11.7.